The number of carbonyl (C=O) groups is 2. The summed E-state index contributed by atoms with van der Waals surface area (Å²) in [6.07, 6.45) is 0.293. The van der Waals surface area contributed by atoms with Crippen LogP contribution in [0.5, 0.6) is 0 Å². The first-order chi connectivity index (χ1) is 18.1. The number of nitrogens with one attached hydrogen (secondary N) is 1. The van der Waals surface area contributed by atoms with Gasteiger partial charge in [-0.05, 0) is 45.3 Å². The lowest BCUT2D eigenvalue weighted by Crippen LogP contribution is -2.43. The quantitative estimate of drug-likeness (QED) is 0.233. The lowest BCUT2D eigenvalue weighted by atomic mass is 9.92. The van der Waals surface area contributed by atoms with Gasteiger partial charge in [-0.15, -0.1) is 0 Å². The molecule has 0 aliphatic carbocycles. The molecule has 6 rings (SSSR count). The third-order valence-electron chi connectivity index (χ3n) is 6.90. The Morgan fingerprint density at radius 1 is 0.730 bits per heavy atom. The maximum absolute atomic E-state index is 13.9. The summed E-state index contributed by atoms with van der Waals surface area (Å²) < 4.78 is 5.15. The molecule has 0 bridgehead atoms. The number of pyridine rings is 1. The van der Waals surface area contributed by atoms with Crippen molar-refractivity contribution < 1.29 is 14.3 Å². The number of fused-ring (bicyclic) bond motifs is 4. The van der Waals surface area contributed by atoms with Crippen LogP contribution < -0.4 is 5.32 Å². The van der Waals surface area contributed by atoms with Gasteiger partial charge >= 0.3 is 5.97 Å². The van der Waals surface area contributed by atoms with Crippen LogP contribution in [0.2, 0.25) is 0 Å². The van der Waals surface area contributed by atoms with Crippen LogP contribution in [0.3, 0.4) is 0 Å². The molecule has 5 nitrogen and oxygen atoms in total. The number of hydrogen-bond donors (Lipinski definition) is 1. The Bertz CT molecular complexity index is 1720. The predicted molar refractivity (Wildman–Crippen MR) is 148 cm³/mol. The molecule has 1 atom stereocenters. The average molecular weight is 485 g/mol. The first-order valence-corrected chi connectivity index (χ1v) is 12.2. The third kappa shape index (κ3) is 4.04. The van der Waals surface area contributed by atoms with E-state index in [9.17, 15) is 9.59 Å². The maximum atomic E-state index is 13.9. The highest BCUT2D eigenvalue weighted by Crippen LogP contribution is 2.30. The average Bonchev–Trinajstić information content (AvgIpc) is 2.94. The summed E-state index contributed by atoms with van der Waals surface area (Å²) in [5.74, 6) is -0.831. The van der Waals surface area contributed by atoms with Gasteiger partial charge in [-0.1, -0.05) is 84.9 Å². The molecular formula is C32H24N2O3. The summed E-state index contributed by atoms with van der Waals surface area (Å²) in [6.45, 7) is 0. The maximum Gasteiger partial charge on any atom is 0.328 e. The third-order valence-corrected chi connectivity index (χ3v) is 6.90. The van der Waals surface area contributed by atoms with E-state index in [1.165, 1.54) is 7.11 Å². The fourth-order valence-corrected chi connectivity index (χ4v) is 5.18. The van der Waals surface area contributed by atoms with Crippen molar-refractivity contribution in [1.82, 2.24) is 10.3 Å². The minimum Gasteiger partial charge on any atom is -0.467 e. The van der Waals surface area contributed by atoms with E-state index in [0.29, 0.717) is 12.0 Å². The Labute approximate surface area is 213 Å². The minimum absolute atomic E-state index is 0.293. The molecule has 0 saturated carbocycles. The molecule has 5 heteroatoms. The molecule has 6 aromatic rings. The van der Waals surface area contributed by atoms with Crippen molar-refractivity contribution in [1.29, 1.82) is 0 Å². The van der Waals surface area contributed by atoms with E-state index in [1.807, 2.05) is 72.8 Å². The second-order valence-electron chi connectivity index (χ2n) is 9.07. The smallest absolute Gasteiger partial charge is 0.328 e. The van der Waals surface area contributed by atoms with Gasteiger partial charge < -0.3 is 10.1 Å². The summed E-state index contributed by atoms with van der Waals surface area (Å²) in [4.78, 5) is 31.6. The van der Waals surface area contributed by atoms with E-state index in [1.54, 1.807) is 0 Å². The van der Waals surface area contributed by atoms with Crippen molar-refractivity contribution in [3.05, 3.63) is 114 Å². The lowest BCUT2D eigenvalue weighted by molar-refractivity contribution is -0.142. The Balaban J connectivity index is 1.47. The van der Waals surface area contributed by atoms with Gasteiger partial charge in [0.1, 0.15) is 6.04 Å². The Morgan fingerprint density at radius 3 is 1.76 bits per heavy atom. The van der Waals surface area contributed by atoms with Crippen molar-refractivity contribution in [2.75, 3.05) is 7.11 Å². The molecule has 0 aliphatic rings. The highest BCUT2D eigenvalue weighted by Gasteiger charge is 2.26. The van der Waals surface area contributed by atoms with Gasteiger partial charge in [0, 0.05) is 17.2 Å². The van der Waals surface area contributed by atoms with E-state index >= 15 is 0 Å². The van der Waals surface area contributed by atoms with E-state index < -0.39 is 12.0 Å². The normalized spacial score (nSPS) is 12.1. The monoisotopic (exact) mass is 484 g/mol. The minimum atomic E-state index is -0.877. The topological polar surface area (TPSA) is 68.3 Å². The zero-order valence-electron chi connectivity index (χ0n) is 20.3. The van der Waals surface area contributed by atoms with E-state index in [4.69, 9.17) is 9.72 Å². The fourth-order valence-electron chi connectivity index (χ4n) is 5.18. The van der Waals surface area contributed by atoms with Gasteiger partial charge in [-0.3, -0.25) is 4.79 Å². The molecule has 1 N–H and O–H groups in total. The van der Waals surface area contributed by atoms with Crippen LogP contribution in [0.4, 0.5) is 0 Å². The number of methoxy groups -OCH3 is 1. The number of carbonyl (C=O) groups excluding carboxylic acids is 2. The van der Waals surface area contributed by atoms with Crippen LogP contribution in [-0.4, -0.2) is 30.0 Å². The molecule has 0 fully saturated rings. The number of aromatic nitrogens is 1. The summed E-state index contributed by atoms with van der Waals surface area (Å²) >= 11 is 0. The summed E-state index contributed by atoms with van der Waals surface area (Å²) in [7, 11) is 1.35. The van der Waals surface area contributed by atoms with Crippen LogP contribution >= 0.6 is 0 Å². The number of rotatable bonds is 5. The van der Waals surface area contributed by atoms with Crippen molar-refractivity contribution >= 4 is 55.2 Å². The van der Waals surface area contributed by atoms with E-state index in [2.05, 4.69) is 35.6 Å². The largest absolute Gasteiger partial charge is 0.467 e. The molecule has 0 saturated heterocycles. The first-order valence-electron chi connectivity index (χ1n) is 12.2. The molecule has 0 aliphatic heterocycles. The van der Waals surface area contributed by atoms with Crippen LogP contribution in [-0.2, 0) is 16.0 Å². The number of para-hydroxylation sites is 2. The zero-order chi connectivity index (χ0) is 25.4. The van der Waals surface area contributed by atoms with Gasteiger partial charge in [0.15, 0.2) is 0 Å². The highest BCUT2D eigenvalue weighted by molar-refractivity contribution is 6.16. The van der Waals surface area contributed by atoms with Crippen molar-refractivity contribution in [3.63, 3.8) is 0 Å². The molecular weight excluding hydrogens is 460 g/mol. The van der Waals surface area contributed by atoms with Gasteiger partial charge in [-0.25, -0.2) is 9.78 Å². The predicted octanol–water partition coefficient (Wildman–Crippen LogP) is 6.21. The molecule has 0 radical (unpaired) electrons. The number of hydrogen-bond acceptors (Lipinski definition) is 4. The Kier molecular flexibility index (Phi) is 5.73. The number of esters is 1. The molecule has 5 aromatic carbocycles. The van der Waals surface area contributed by atoms with Gasteiger partial charge in [0.05, 0.1) is 23.7 Å². The highest BCUT2D eigenvalue weighted by atomic mass is 16.5. The van der Waals surface area contributed by atoms with Gasteiger partial charge in [-0.2, -0.15) is 0 Å². The van der Waals surface area contributed by atoms with E-state index in [-0.39, 0.29) is 5.91 Å². The number of nitrogens with zero attached hydrogens (tertiary/aromatic N) is 1. The Hall–Kier alpha value is -4.77. The summed E-state index contributed by atoms with van der Waals surface area (Å²) in [6, 6.07) is 32.6. The Morgan fingerprint density at radius 2 is 1.22 bits per heavy atom. The zero-order valence-corrected chi connectivity index (χ0v) is 20.3. The van der Waals surface area contributed by atoms with Crippen molar-refractivity contribution in [2.45, 2.75) is 12.5 Å². The van der Waals surface area contributed by atoms with Crippen molar-refractivity contribution in [2.24, 2.45) is 0 Å². The van der Waals surface area contributed by atoms with E-state index in [0.717, 1.165) is 48.9 Å². The molecule has 1 aromatic heterocycles. The van der Waals surface area contributed by atoms with Crippen LogP contribution in [0.15, 0.2) is 103 Å². The number of ether oxygens (including phenoxy) is 1. The molecule has 0 unspecified atom stereocenters. The van der Waals surface area contributed by atoms with Gasteiger partial charge in [0.25, 0.3) is 5.91 Å². The number of amides is 1. The second-order valence-corrected chi connectivity index (χ2v) is 9.07. The standard InChI is InChI=1S/C32H24N2O3/c1-37-32(36)29(19-26-22-12-4-2-10-20(22)18-21-11-3-5-13-23(21)26)34-31(35)30-24-14-6-8-16-27(24)33-28-17-9-7-15-25(28)30/h2-18,29H,19H2,1H3,(H,34,35)/t29-/m0/s1. The first kappa shape index (κ1) is 22.7. The van der Waals surface area contributed by atoms with Gasteiger partial charge in [0.2, 0.25) is 0 Å². The molecule has 1 heterocycles. The van der Waals surface area contributed by atoms with Crippen molar-refractivity contribution in [3.8, 4) is 0 Å². The number of benzene rings is 5. The second kappa shape index (κ2) is 9.36. The lowest BCUT2D eigenvalue weighted by Gasteiger charge is -2.20. The molecule has 1 amide bonds. The van der Waals surface area contributed by atoms with Crippen LogP contribution in [0, 0.1) is 0 Å². The SMILES string of the molecule is COC(=O)[C@H](Cc1c2ccccc2cc2ccccc12)NC(=O)c1c2ccccc2nc2ccccc12. The summed E-state index contributed by atoms with van der Waals surface area (Å²) in [5.41, 5.74) is 2.94. The fraction of sp³-hybridized carbons (Fsp3) is 0.0938. The summed E-state index contributed by atoms with van der Waals surface area (Å²) in [5, 5.41) is 8.73. The molecule has 0 spiro atoms. The molecule has 37 heavy (non-hydrogen) atoms. The molecule has 180 valence electrons. The van der Waals surface area contributed by atoms with Crippen LogP contribution in [0.1, 0.15) is 15.9 Å². The van der Waals surface area contributed by atoms with Crippen LogP contribution in [0.25, 0.3) is 43.4 Å².